The zero-order valence-corrected chi connectivity index (χ0v) is 14.5. The molecule has 2 aromatic rings. The van der Waals surface area contributed by atoms with Crippen molar-refractivity contribution in [3.05, 3.63) is 70.7 Å². The van der Waals surface area contributed by atoms with E-state index in [0.717, 1.165) is 43.1 Å². The van der Waals surface area contributed by atoms with E-state index in [2.05, 4.69) is 34.5 Å². The Labute approximate surface area is 148 Å². The van der Waals surface area contributed by atoms with Crippen LogP contribution < -0.4 is 5.32 Å². The van der Waals surface area contributed by atoms with Crippen LogP contribution in [0.15, 0.2) is 54.6 Å². The van der Waals surface area contributed by atoms with E-state index in [1.807, 2.05) is 30.3 Å². The van der Waals surface area contributed by atoms with Crippen molar-refractivity contribution in [3.63, 3.8) is 0 Å². The number of benzene rings is 2. The molecule has 3 nitrogen and oxygen atoms in total. The third-order valence-electron chi connectivity index (χ3n) is 4.59. The van der Waals surface area contributed by atoms with E-state index in [1.54, 1.807) is 0 Å². The molecule has 0 atom stereocenters. The van der Waals surface area contributed by atoms with E-state index in [1.165, 1.54) is 5.56 Å². The molecule has 0 spiro atoms. The molecular weight excluding hydrogens is 320 g/mol. The summed E-state index contributed by atoms with van der Waals surface area (Å²) in [4.78, 5) is 14.8. The maximum Gasteiger partial charge on any atom is 0.223 e. The minimum absolute atomic E-state index is 0.129. The van der Waals surface area contributed by atoms with Gasteiger partial charge in [-0.05, 0) is 49.2 Å². The standard InChI is InChI=1S/C20H23ClN2O/c21-19-8-6-16(7-9-19)14-22-20(24)18-10-12-23(13-11-18)15-17-4-2-1-3-5-17/h1-9,18H,10-15H2,(H,22,24). The van der Waals surface area contributed by atoms with Gasteiger partial charge in [0.25, 0.3) is 0 Å². The normalized spacial score (nSPS) is 16.0. The Kier molecular flexibility index (Phi) is 5.89. The van der Waals surface area contributed by atoms with Crippen molar-refractivity contribution in [3.8, 4) is 0 Å². The van der Waals surface area contributed by atoms with Crippen LogP contribution in [0.1, 0.15) is 24.0 Å². The highest BCUT2D eigenvalue weighted by Crippen LogP contribution is 2.19. The van der Waals surface area contributed by atoms with Crippen LogP contribution in [0.4, 0.5) is 0 Å². The molecule has 0 bridgehead atoms. The Balaban J connectivity index is 1.42. The lowest BCUT2D eigenvalue weighted by Gasteiger charge is -2.31. The number of hydrogen-bond acceptors (Lipinski definition) is 2. The molecule has 2 aromatic carbocycles. The molecule has 1 heterocycles. The van der Waals surface area contributed by atoms with Crippen LogP contribution in [-0.4, -0.2) is 23.9 Å². The molecule has 126 valence electrons. The van der Waals surface area contributed by atoms with Crippen molar-refractivity contribution in [2.45, 2.75) is 25.9 Å². The summed E-state index contributed by atoms with van der Waals surface area (Å²) >= 11 is 5.88. The minimum Gasteiger partial charge on any atom is -0.352 e. The molecule has 0 aliphatic carbocycles. The predicted octanol–water partition coefficient (Wildman–Crippen LogP) is 3.87. The molecular formula is C20H23ClN2O. The van der Waals surface area contributed by atoms with E-state index in [-0.39, 0.29) is 11.8 Å². The van der Waals surface area contributed by atoms with Gasteiger partial charge in [-0.1, -0.05) is 54.1 Å². The third-order valence-corrected chi connectivity index (χ3v) is 4.84. The Morgan fingerprint density at radius 3 is 2.33 bits per heavy atom. The molecule has 0 radical (unpaired) electrons. The molecule has 1 amide bonds. The van der Waals surface area contributed by atoms with Gasteiger partial charge in [-0.15, -0.1) is 0 Å². The van der Waals surface area contributed by atoms with Gasteiger partial charge >= 0.3 is 0 Å². The number of nitrogens with one attached hydrogen (secondary N) is 1. The highest BCUT2D eigenvalue weighted by atomic mass is 35.5. The fourth-order valence-electron chi connectivity index (χ4n) is 3.13. The van der Waals surface area contributed by atoms with Crippen LogP contribution in [0.25, 0.3) is 0 Å². The SMILES string of the molecule is O=C(NCc1ccc(Cl)cc1)C1CCN(Cc2ccccc2)CC1. The quantitative estimate of drug-likeness (QED) is 0.894. The first-order valence-electron chi connectivity index (χ1n) is 8.49. The molecule has 1 fully saturated rings. The van der Waals surface area contributed by atoms with Gasteiger partial charge in [0.2, 0.25) is 5.91 Å². The maximum atomic E-state index is 12.3. The smallest absolute Gasteiger partial charge is 0.223 e. The number of nitrogens with zero attached hydrogens (tertiary/aromatic N) is 1. The van der Waals surface area contributed by atoms with Gasteiger partial charge in [0.05, 0.1) is 0 Å². The van der Waals surface area contributed by atoms with Crippen molar-refractivity contribution in [2.24, 2.45) is 5.92 Å². The van der Waals surface area contributed by atoms with E-state index < -0.39 is 0 Å². The van der Waals surface area contributed by atoms with Crippen molar-refractivity contribution >= 4 is 17.5 Å². The summed E-state index contributed by atoms with van der Waals surface area (Å²) in [6, 6.07) is 18.1. The zero-order valence-electron chi connectivity index (χ0n) is 13.7. The lowest BCUT2D eigenvalue weighted by Crippen LogP contribution is -2.40. The second-order valence-electron chi connectivity index (χ2n) is 6.38. The molecule has 0 unspecified atom stereocenters. The lowest BCUT2D eigenvalue weighted by molar-refractivity contribution is -0.126. The number of halogens is 1. The van der Waals surface area contributed by atoms with Gasteiger partial charge < -0.3 is 5.32 Å². The van der Waals surface area contributed by atoms with Crippen molar-refractivity contribution in [2.75, 3.05) is 13.1 Å². The summed E-state index contributed by atoms with van der Waals surface area (Å²) in [7, 11) is 0. The fraction of sp³-hybridized carbons (Fsp3) is 0.350. The van der Waals surface area contributed by atoms with Gasteiger partial charge in [-0.25, -0.2) is 0 Å². The van der Waals surface area contributed by atoms with E-state index >= 15 is 0 Å². The molecule has 1 aliphatic rings. The summed E-state index contributed by atoms with van der Waals surface area (Å²) < 4.78 is 0. The third kappa shape index (κ3) is 4.83. The van der Waals surface area contributed by atoms with Crippen LogP contribution in [0, 0.1) is 5.92 Å². The molecule has 24 heavy (non-hydrogen) atoms. The zero-order chi connectivity index (χ0) is 16.8. The topological polar surface area (TPSA) is 32.3 Å². The van der Waals surface area contributed by atoms with Crippen LogP contribution >= 0.6 is 11.6 Å². The van der Waals surface area contributed by atoms with Gasteiger partial charge in [-0.2, -0.15) is 0 Å². The van der Waals surface area contributed by atoms with Crippen LogP contribution in [0.5, 0.6) is 0 Å². The van der Waals surface area contributed by atoms with E-state index in [9.17, 15) is 4.79 Å². The van der Waals surface area contributed by atoms with E-state index in [0.29, 0.717) is 6.54 Å². The number of carbonyl (C=O) groups is 1. The summed E-state index contributed by atoms with van der Waals surface area (Å²) in [5, 5.41) is 3.77. The Morgan fingerprint density at radius 1 is 1.00 bits per heavy atom. The first-order chi connectivity index (χ1) is 11.7. The van der Waals surface area contributed by atoms with Crippen molar-refractivity contribution < 1.29 is 4.79 Å². The van der Waals surface area contributed by atoms with Gasteiger partial charge in [0, 0.05) is 24.0 Å². The van der Waals surface area contributed by atoms with Gasteiger partial charge in [0.1, 0.15) is 0 Å². The van der Waals surface area contributed by atoms with Crippen molar-refractivity contribution in [1.82, 2.24) is 10.2 Å². The second-order valence-corrected chi connectivity index (χ2v) is 6.82. The Hall–Kier alpha value is -1.84. The average Bonchev–Trinajstić information content (AvgIpc) is 2.62. The number of likely N-dealkylation sites (tertiary alicyclic amines) is 1. The predicted molar refractivity (Wildman–Crippen MR) is 97.7 cm³/mol. The van der Waals surface area contributed by atoms with Crippen LogP contribution in [0.3, 0.4) is 0 Å². The van der Waals surface area contributed by atoms with Crippen LogP contribution in [0.2, 0.25) is 5.02 Å². The summed E-state index contributed by atoms with van der Waals surface area (Å²) in [5.74, 6) is 0.300. The highest BCUT2D eigenvalue weighted by Gasteiger charge is 2.24. The lowest BCUT2D eigenvalue weighted by atomic mass is 9.95. The highest BCUT2D eigenvalue weighted by molar-refractivity contribution is 6.30. The number of hydrogen-bond donors (Lipinski definition) is 1. The molecule has 1 N–H and O–H groups in total. The van der Waals surface area contributed by atoms with Gasteiger partial charge in [-0.3, -0.25) is 9.69 Å². The summed E-state index contributed by atoms with van der Waals surface area (Å²) in [6.45, 7) is 3.50. The number of rotatable bonds is 5. The Bertz CT molecular complexity index is 649. The van der Waals surface area contributed by atoms with Crippen LogP contribution in [-0.2, 0) is 17.9 Å². The molecule has 0 aromatic heterocycles. The van der Waals surface area contributed by atoms with Gasteiger partial charge in [0.15, 0.2) is 0 Å². The van der Waals surface area contributed by atoms with E-state index in [4.69, 9.17) is 11.6 Å². The Morgan fingerprint density at radius 2 is 1.67 bits per heavy atom. The first kappa shape index (κ1) is 17.0. The summed E-state index contributed by atoms with van der Waals surface area (Å²) in [6.07, 6.45) is 1.86. The molecule has 0 saturated carbocycles. The largest absolute Gasteiger partial charge is 0.352 e. The first-order valence-corrected chi connectivity index (χ1v) is 8.87. The van der Waals surface area contributed by atoms with Crippen molar-refractivity contribution in [1.29, 1.82) is 0 Å². The monoisotopic (exact) mass is 342 g/mol. The maximum absolute atomic E-state index is 12.3. The molecule has 3 rings (SSSR count). The number of piperidine rings is 1. The number of amides is 1. The molecule has 4 heteroatoms. The average molecular weight is 343 g/mol. The molecule has 1 aliphatic heterocycles. The minimum atomic E-state index is 0.129. The number of carbonyl (C=O) groups excluding carboxylic acids is 1. The fourth-order valence-corrected chi connectivity index (χ4v) is 3.26. The summed E-state index contributed by atoms with van der Waals surface area (Å²) in [5.41, 5.74) is 2.41. The molecule has 1 saturated heterocycles. The second kappa shape index (κ2) is 8.32.